The molecule has 4 nitrogen and oxygen atoms in total. The highest BCUT2D eigenvalue weighted by atomic mass is 35.5. The van der Waals surface area contributed by atoms with Gasteiger partial charge in [-0.1, -0.05) is 0 Å². The van der Waals surface area contributed by atoms with Crippen molar-refractivity contribution in [1.29, 1.82) is 0 Å². The summed E-state index contributed by atoms with van der Waals surface area (Å²) in [5, 5.41) is 0.491. The summed E-state index contributed by atoms with van der Waals surface area (Å²) in [6.45, 7) is 4.93. The Kier molecular flexibility index (Phi) is 6.77. The SMILES string of the molecule is CC(C)N1CC(=O)N(CC2CCC(Cl)CC2)[C@@H](C2CCC(Cl)CC2)C1=O. The maximum atomic E-state index is 13.3. The molecule has 0 N–H and O–H groups in total. The van der Waals surface area contributed by atoms with Crippen molar-refractivity contribution in [1.82, 2.24) is 9.80 Å². The highest BCUT2D eigenvalue weighted by molar-refractivity contribution is 6.20. The molecule has 0 bridgehead atoms. The Morgan fingerprint density at radius 1 is 0.923 bits per heavy atom. The molecule has 0 aromatic heterocycles. The lowest BCUT2D eigenvalue weighted by atomic mass is 9.80. The van der Waals surface area contributed by atoms with Gasteiger partial charge in [0.1, 0.15) is 12.6 Å². The van der Waals surface area contributed by atoms with Crippen LogP contribution in [0, 0.1) is 11.8 Å². The number of carbonyl (C=O) groups excluding carboxylic acids is 2. The number of halogens is 2. The summed E-state index contributed by atoms with van der Waals surface area (Å²) in [5.41, 5.74) is 0. The summed E-state index contributed by atoms with van der Waals surface area (Å²) in [6.07, 6.45) is 7.91. The van der Waals surface area contributed by atoms with E-state index in [-0.39, 0.29) is 47.1 Å². The predicted octanol–water partition coefficient (Wildman–Crippen LogP) is 4.03. The number of hydrogen-bond donors (Lipinski definition) is 0. The maximum absolute atomic E-state index is 13.3. The average Bonchev–Trinajstić information content (AvgIpc) is 2.61. The first kappa shape index (κ1) is 20.3. The summed E-state index contributed by atoms with van der Waals surface area (Å²) in [6, 6.07) is -0.233. The molecule has 1 heterocycles. The van der Waals surface area contributed by atoms with Crippen LogP contribution in [0.3, 0.4) is 0 Å². The van der Waals surface area contributed by atoms with E-state index in [0.717, 1.165) is 51.4 Å². The lowest BCUT2D eigenvalue weighted by Gasteiger charge is -2.47. The fraction of sp³-hybridized carbons (Fsp3) is 0.900. The van der Waals surface area contributed by atoms with Gasteiger partial charge in [0.05, 0.1) is 0 Å². The van der Waals surface area contributed by atoms with E-state index in [1.807, 2.05) is 18.7 Å². The zero-order chi connectivity index (χ0) is 18.8. The van der Waals surface area contributed by atoms with Crippen molar-refractivity contribution in [2.75, 3.05) is 13.1 Å². The third-order valence-corrected chi connectivity index (χ3v) is 7.37. The van der Waals surface area contributed by atoms with E-state index in [1.54, 1.807) is 4.90 Å². The van der Waals surface area contributed by atoms with Crippen LogP contribution in [-0.4, -0.2) is 57.5 Å². The zero-order valence-corrected chi connectivity index (χ0v) is 17.5. The van der Waals surface area contributed by atoms with Crippen LogP contribution in [0.4, 0.5) is 0 Å². The van der Waals surface area contributed by atoms with Crippen LogP contribution in [-0.2, 0) is 9.59 Å². The zero-order valence-electron chi connectivity index (χ0n) is 16.0. The fourth-order valence-electron chi connectivity index (χ4n) is 4.86. The fourth-order valence-corrected chi connectivity index (χ4v) is 5.36. The number of alkyl halides is 2. The Labute approximate surface area is 167 Å². The van der Waals surface area contributed by atoms with Crippen LogP contribution >= 0.6 is 23.2 Å². The first-order valence-electron chi connectivity index (χ1n) is 10.2. The molecule has 0 spiro atoms. The van der Waals surface area contributed by atoms with E-state index in [2.05, 4.69) is 0 Å². The van der Waals surface area contributed by atoms with Gasteiger partial charge in [0.25, 0.3) is 0 Å². The molecule has 2 saturated carbocycles. The van der Waals surface area contributed by atoms with Gasteiger partial charge in [-0.2, -0.15) is 0 Å². The molecule has 26 heavy (non-hydrogen) atoms. The second-order valence-corrected chi connectivity index (χ2v) is 9.92. The number of hydrogen-bond acceptors (Lipinski definition) is 2. The lowest BCUT2D eigenvalue weighted by Crippen LogP contribution is -2.64. The Bertz CT molecular complexity index is 512. The summed E-state index contributed by atoms with van der Waals surface area (Å²) in [5.74, 6) is 0.972. The average molecular weight is 403 g/mol. The van der Waals surface area contributed by atoms with E-state index in [4.69, 9.17) is 23.2 Å². The molecule has 3 fully saturated rings. The normalized spacial score (nSPS) is 36.7. The van der Waals surface area contributed by atoms with Gasteiger partial charge in [0.15, 0.2) is 0 Å². The van der Waals surface area contributed by atoms with Crippen LogP contribution in [0.5, 0.6) is 0 Å². The van der Waals surface area contributed by atoms with Gasteiger partial charge in [-0.05, 0) is 77.0 Å². The highest BCUT2D eigenvalue weighted by Gasteiger charge is 2.45. The topological polar surface area (TPSA) is 40.6 Å². The van der Waals surface area contributed by atoms with Crippen molar-refractivity contribution in [2.45, 2.75) is 88.1 Å². The van der Waals surface area contributed by atoms with Crippen molar-refractivity contribution in [3.05, 3.63) is 0 Å². The number of rotatable bonds is 4. The minimum atomic E-state index is -0.295. The maximum Gasteiger partial charge on any atom is 0.246 e. The third-order valence-electron chi connectivity index (χ3n) is 6.50. The van der Waals surface area contributed by atoms with Crippen molar-refractivity contribution < 1.29 is 9.59 Å². The van der Waals surface area contributed by atoms with Gasteiger partial charge < -0.3 is 9.80 Å². The molecule has 1 atom stereocenters. The quantitative estimate of drug-likeness (QED) is 0.665. The molecule has 1 saturated heterocycles. The van der Waals surface area contributed by atoms with Crippen LogP contribution < -0.4 is 0 Å². The first-order chi connectivity index (χ1) is 12.4. The number of nitrogens with zero attached hydrogens (tertiary/aromatic N) is 2. The molecule has 0 aromatic carbocycles. The number of carbonyl (C=O) groups is 2. The van der Waals surface area contributed by atoms with E-state index in [9.17, 15) is 9.59 Å². The molecule has 0 radical (unpaired) electrons. The summed E-state index contributed by atoms with van der Waals surface area (Å²) in [7, 11) is 0. The van der Waals surface area contributed by atoms with E-state index in [1.165, 1.54) is 0 Å². The van der Waals surface area contributed by atoms with Gasteiger partial charge in [0.2, 0.25) is 11.8 Å². The van der Waals surface area contributed by atoms with Crippen molar-refractivity contribution in [3.8, 4) is 0 Å². The minimum Gasteiger partial charge on any atom is -0.329 e. The highest BCUT2D eigenvalue weighted by Crippen LogP contribution is 2.36. The smallest absolute Gasteiger partial charge is 0.246 e. The largest absolute Gasteiger partial charge is 0.329 e. The lowest BCUT2D eigenvalue weighted by molar-refractivity contribution is -0.161. The van der Waals surface area contributed by atoms with E-state index in [0.29, 0.717) is 12.5 Å². The van der Waals surface area contributed by atoms with E-state index < -0.39 is 0 Å². The van der Waals surface area contributed by atoms with Crippen LogP contribution in [0.1, 0.15) is 65.2 Å². The molecule has 0 unspecified atom stereocenters. The molecule has 0 aromatic rings. The molecule has 1 aliphatic heterocycles. The van der Waals surface area contributed by atoms with Crippen LogP contribution in [0.25, 0.3) is 0 Å². The second kappa shape index (κ2) is 8.68. The monoisotopic (exact) mass is 402 g/mol. The second-order valence-electron chi connectivity index (χ2n) is 8.68. The Hall–Kier alpha value is -0.480. The minimum absolute atomic E-state index is 0.0622. The molecule has 2 aliphatic carbocycles. The van der Waals surface area contributed by atoms with Crippen molar-refractivity contribution >= 4 is 35.0 Å². The molecule has 6 heteroatoms. The van der Waals surface area contributed by atoms with Gasteiger partial charge in [0, 0.05) is 23.3 Å². The number of amides is 2. The molecule has 3 rings (SSSR count). The summed E-state index contributed by atoms with van der Waals surface area (Å²) >= 11 is 12.5. The Morgan fingerprint density at radius 2 is 1.46 bits per heavy atom. The third kappa shape index (κ3) is 4.49. The van der Waals surface area contributed by atoms with Crippen LogP contribution in [0.2, 0.25) is 0 Å². The first-order valence-corrected chi connectivity index (χ1v) is 11.1. The van der Waals surface area contributed by atoms with Crippen molar-refractivity contribution in [2.24, 2.45) is 11.8 Å². The molecular formula is C20H32Cl2N2O2. The van der Waals surface area contributed by atoms with E-state index >= 15 is 0 Å². The Morgan fingerprint density at radius 3 is 2.00 bits per heavy atom. The summed E-state index contributed by atoms with van der Waals surface area (Å²) < 4.78 is 0. The molecule has 3 aliphatic rings. The standard InChI is InChI=1S/C20H32Cl2N2O2/c1-13(2)23-12-18(25)24(11-14-3-7-16(21)8-4-14)19(20(23)26)15-5-9-17(22)10-6-15/h13-17,19H,3-12H2,1-2H3/t14?,15?,16?,17?,19-/m0/s1. The van der Waals surface area contributed by atoms with Gasteiger partial charge in [-0.3, -0.25) is 9.59 Å². The molecule has 2 amide bonds. The predicted molar refractivity (Wildman–Crippen MR) is 106 cm³/mol. The van der Waals surface area contributed by atoms with Crippen LogP contribution in [0.15, 0.2) is 0 Å². The van der Waals surface area contributed by atoms with Gasteiger partial charge in [-0.15, -0.1) is 23.2 Å². The van der Waals surface area contributed by atoms with Gasteiger partial charge in [-0.25, -0.2) is 0 Å². The van der Waals surface area contributed by atoms with Crippen molar-refractivity contribution in [3.63, 3.8) is 0 Å². The summed E-state index contributed by atoms with van der Waals surface area (Å²) in [4.78, 5) is 30.0. The number of piperazine rings is 1. The Balaban J connectivity index is 1.77. The molecule has 148 valence electrons. The molecular weight excluding hydrogens is 371 g/mol. The van der Waals surface area contributed by atoms with Gasteiger partial charge >= 0.3 is 0 Å².